The molecular weight excluding hydrogens is 282 g/mol. The first-order valence-electron chi connectivity index (χ1n) is 8.18. The number of halogens is 1. The molecule has 3 heteroatoms. The van der Waals surface area contributed by atoms with Crippen molar-refractivity contribution < 1.29 is 4.74 Å². The van der Waals surface area contributed by atoms with E-state index in [1.165, 1.54) is 31.2 Å². The lowest BCUT2D eigenvalue weighted by atomic mass is 9.91. The van der Waals surface area contributed by atoms with E-state index in [0.29, 0.717) is 12.0 Å². The molecule has 1 N–H and O–H groups in total. The third-order valence-corrected chi connectivity index (χ3v) is 4.93. The smallest absolute Gasteiger partial charge is 0.0631 e. The summed E-state index contributed by atoms with van der Waals surface area (Å²) in [5, 5.41) is 4.49. The van der Waals surface area contributed by atoms with Gasteiger partial charge in [0.15, 0.2) is 0 Å². The molecule has 0 bridgehead atoms. The Labute approximate surface area is 133 Å². The number of hydrogen-bond acceptors (Lipinski definition) is 2. The minimum absolute atomic E-state index is 0.0547. The number of nitrogens with one attached hydrogen (secondary N) is 1. The fraction of sp³-hybridized carbons (Fsp3) is 0.667. The predicted octanol–water partition coefficient (Wildman–Crippen LogP) is 4.52. The van der Waals surface area contributed by atoms with E-state index < -0.39 is 0 Å². The standard InChI is InChI=1S/C18H26ClNO/c1-18(2)10-9-17(21-18)11-14(12-20-16-7-8-16)13-3-5-15(19)6-4-13/h3-6,14,16-17,20H,7-12H2,1-2H3. The fourth-order valence-corrected chi connectivity index (χ4v) is 3.36. The molecule has 1 heterocycles. The van der Waals surface area contributed by atoms with Crippen molar-refractivity contribution >= 4 is 11.6 Å². The molecule has 0 amide bonds. The van der Waals surface area contributed by atoms with Crippen LogP contribution in [0.2, 0.25) is 5.02 Å². The summed E-state index contributed by atoms with van der Waals surface area (Å²) in [6.45, 7) is 5.45. The van der Waals surface area contributed by atoms with Crippen LogP contribution in [0.25, 0.3) is 0 Å². The van der Waals surface area contributed by atoms with Crippen LogP contribution in [0, 0.1) is 0 Å². The van der Waals surface area contributed by atoms with Gasteiger partial charge in [-0.15, -0.1) is 0 Å². The lowest BCUT2D eigenvalue weighted by molar-refractivity contribution is -0.0209. The molecule has 2 aliphatic rings. The molecule has 2 nitrogen and oxygen atoms in total. The van der Waals surface area contributed by atoms with E-state index in [0.717, 1.165) is 24.0 Å². The molecule has 1 aliphatic carbocycles. The molecular formula is C18H26ClNO. The Balaban J connectivity index is 1.64. The van der Waals surface area contributed by atoms with Crippen LogP contribution in [0.1, 0.15) is 57.4 Å². The quantitative estimate of drug-likeness (QED) is 0.834. The fourth-order valence-electron chi connectivity index (χ4n) is 3.23. The molecule has 0 spiro atoms. The molecule has 1 saturated carbocycles. The van der Waals surface area contributed by atoms with Gasteiger partial charge in [0.05, 0.1) is 11.7 Å². The molecule has 0 aromatic heterocycles. The van der Waals surface area contributed by atoms with Gasteiger partial charge in [0.25, 0.3) is 0 Å². The van der Waals surface area contributed by atoms with Crippen molar-refractivity contribution in [2.45, 2.75) is 69.6 Å². The maximum absolute atomic E-state index is 6.19. The molecule has 1 aromatic rings. The lowest BCUT2D eigenvalue weighted by Crippen LogP contribution is -2.27. The van der Waals surface area contributed by atoms with E-state index >= 15 is 0 Å². The van der Waals surface area contributed by atoms with Gasteiger partial charge in [-0.1, -0.05) is 23.7 Å². The van der Waals surface area contributed by atoms with Gasteiger partial charge in [-0.3, -0.25) is 0 Å². The van der Waals surface area contributed by atoms with Crippen molar-refractivity contribution in [3.05, 3.63) is 34.9 Å². The zero-order chi connectivity index (χ0) is 14.9. The van der Waals surface area contributed by atoms with Gasteiger partial charge in [0.1, 0.15) is 0 Å². The summed E-state index contributed by atoms with van der Waals surface area (Å²) in [5.41, 5.74) is 1.43. The van der Waals surface area contributed by atoms with Crippen LogP contribution in [0.4, 0.5) is 0 Å². The van der Waals surface area contributed by atoms with Crippen LogP contribution in [0.15, 0.2) is 24.3 Å². The molecule has 116 valence electrons. The molecule has 1 aliphatic heterocycles. The molecule has 1 saturated heterocycles. The average molecular weight is 308 g/mol. The van der Waals surface area contributed by atoms with Gasteiger partial charge >= 0.3 is 0 Å². The van der Waals surface area contributed by atoms with E-state index in [-0.39, 0.29) is 5.60 Å². The first kappa shape index (κ1) is 15.3. The highest BCUT2D eigenvalue weighted by molar-refractivity contribution is 6.30. The van der Waals surface area contributed by atoms with Crippen molar-refractivity contribution in [3.8, 4) is 0 Å². The van der Waals surface area contributed by atoms with Gasteiger partial charge in [-0.2, -0.15) is 0 Å². The van der Waals surface area contributed by atoms with E-state index in [1.807, 2.05) is 12.1 Å². The van der Waals surface area contributed by atoms with Crippen molar-refractivity contribution in [3.63, 3.8) is 0 Å². The average Bonchev–Trinajstić information content (AvgIpc) is 3.20. The summed E-state index contributed by atoms with van der Waals surface area (Å²) in [6, 6.07) is 9.09. The van der Waals surface area contributed by atoms with Crippen molar-refractivity contribution in [2.24, 2.45) is 0 Å². The highest BCUT2D eigenvalue weighted by Crippen LogP contribution is 2.35. The normalized spacial score (nSPS) is 26.0. The second-order valence-corrected chi connectivity index (χ2v) is 7.64. The molecule has 21 heavy (non-hydrogen) atoms. The monoisotopic (exact) mass is 307 g/mol. The Morgan fingerprint density at radius 1 is 1.24 bits per heavy atom. The highest BCUT2D eigenvalue weighted by Gasteiger charge is 2.33. The van der Waals surface area contributed by atoms with Gasteiger partial charge in [-0.05, 0) is 69.6 Å². The summed E-state index contributed by atoms with van der Waals surface area (Å²) in [6.07, 6.45) is 6.51. The lowest BCUT2D eigenvalue weighted by Gasteiger charge is -2.24. The molecule has 2 fully saturated rings. The second-order valence-electron chi connectivity index (χ2n) is 7.20. The van der Waals surface area contributed by atoms with E-state index in [4.69, 9.17) is 16.3 Å². The van der Waals surface area contributed by atoms with E-state index in [1.54, 1.807) is 0 Å². The topological polar surface area (TPSA) is 21.3 Å². The summed E-state index contributed by atoms with van der Waals surface area (Å²) in [4.78, 5) is 0. The summed E-state index contributed by atoms with van der Waals surface area (Å²) in [5.74, 6) is 0.516. The number of benzene rings is 1. The van der Waals surface area contributed by atoms with Gasteiger partial charge in [-0.25, -0.2) is 0 Å². The molecule has 0 radical (unpaired) electrons. The summed E-state index contributed by atoms with van der Waals surface area (Å²) >= 11 is 6.02. The number of ether oxygens (including phenoxy) is 1. The Kier molecular flexibility index (Phi) is 4.58. The third kappa shape index (κ3) is 4.45. The van der Waals surface area contributed by atoms with Crippen LogP contribution in [0.3, 0.4) is 0 Å². The number of hydrogen-bond donors (Lipinski definition) is 1. The first-order chi connectivity index (χ1) is 10.0. The Bertz CT molecular complexity index is 467. The molecule has 2 unspecified atom stereocenters. The van der Waals surface area contributed by atoms with E-state index in [9.17, 15) is 0 Å². The van der Waals surface area contributed by atoms with Crippen LogP contribution in [-0.4, -0.2) is 24.3 Å². The van der Waals surface area contributed by atoms with Crippen LogP contribution in [0.5, 0.6) is 0 Å². The van der Waals surface area contributed by atoms with E-state index in [2.05, 4.69) is 31.3 Å². The van der Waals surface area contributed by atoms with Gasteiger partial charge in [0.2, 0.25) is 0 Å². The van der Waals surface area contributed by atoms with Gasteiger partial charge < -0.3 is 10.1 Å². The second kappa shape index (κ2) is 6.28. The Hall–Kier alpha value is -0.570. The Morgan fingerprint density at radius 3 is 2.52 bits per heavy atom. The molecule has 3 rings (SSSR count). The largest absolute Gasteiger partial charge is 0.372 e. The molecule has 1 aromatic carbocycles. The maximum atomic E-state index is 6.19. The summed E-state index contributed by atoms with van der Waals surface area (Å²) in [7, 11) is 0. The number of rotatable bonds is 6. The minimum Gasteiger partial charge on any atom is -0.372 e. The van der Waals surface area contributed by atoms with Crippen molar-refractivity contribution in [2.75, 3.05) is 6.54 Å². The van der Waals surface area contributed by atoms with Crippen LogP contribution < -0.4 is 5.32 Å². The van der Waals surface area contributed by atoms with Crippen molar-refractivity contribution in [1.29, 1.82) is 0 Å². The predicted molar refractivity (Wildman–Crippen MR) is 88.0 cm³/mol. The SMILES string of the molecule is CC1(C)CCC(CC(CNC2CC2)c2ccc(Cl)cc2)O1. The van der Waals surface area contributed by atoms with Gasteiger partial charge in [0, 0.05) is 17.6 Å². The minimum atomic E-state index is 0.0547. The van der Waals surface area contributed by atoms with Crippen LogP contribution >= 0.6 is 11.6 Å². The Morgan fingerprint density at radius 2 is 1.95 bits per heavy atom. The zero-order valence-electron chi connectivity index (χ0n) is 13.1. The maximum Gasteiger partial charge on any atom is 0.0631 e. The summed E-state index contributed by atoms with van der Waals surface area (Å²) < 4.78 is 6.19. The third-order valence-electron chi connectivity index (χ3n) is 4.67. The highest BCUT2D eigenvalue weighted by atomic mass is 35.5. The molecule has 2 atom stereocenters. The first-order valence-corrected chi connectivity index (χ1v) is 8.56. The van der Waals surface area contributed by atoms with Crippen molar-refractivity contribution in [1.82, 2.24) is 5.32 Å². The van der Waals surface area contributed by atoms with Crippen LogP contribution in [-0.2, 0) is 4.74 Å². The zero-order valence-corrected chi connectivity index (χ0v) is 13.8.